The number of nitrogens with zero attached hydrogens (tertiary/aromatic N) is 1. The van der Waals surface area contributed by atoms with Crippen LogP contribution in [0.2, 0.25) is 0 Å². The van der Waals surface area contributed by atoms with Crippen LogP contribution >= 0.6 is 0 Å². The van der Waals surface area contributed by atoms with Crippen molar-refractivity contribution in [3.05, 3.63) is 35.9 Å². The molecule has 0 saturated carbocycles. The number of nitrogens with one attached hydrogen (secondary N) is 1. The second kappa shape index (κ2) is 11.0. The third-order valence-electron chi connectivity index (χ3n) is 5.28. The molecule has 1 N–H and O–H groups in total. The fourth-order valence-electron chi connectivity index (χ4n) is 3.67. The van der Waals surface area contributed by atoms with Crippen LogP contribution in [0.3, 0.4) is 0 Å². The number of unbranched alkanes of at least 4 members (excludes halogenated alkanes) is 5. The third-order valence-corrected chi connectivity index (χ3v) is 5.28. The molecule has 2 amide bonds. The summed E-state index contributed by atoms with van der Waals surface area (Å²) in [6.45, 7) is 4.91. The maximum Gasteiger partial charge on any atom is 0.243 e. The van der Waals surface area contributed by atoms with E-state index in [1.807, 2.05) is 37.3 Å². The average molecular weight is 359 g/mol. The Morgan fingerprint density at radius 3 is 2.54 bits per heavy atom. The minimum atomic E-state index is -0.297. The fraction of sp³-hybridized carbons (Fsp3) is 0.636. The second-order valence-electron chi connectivity index (χ2n) is 7.40. The summed E-state index contributed by atoms with van der Waals surface area (Å²) in [7, 11) is 0. The molecule has 0 aliphatic carbocycles. The summed E-state index contributed by atoms with van der Waals surface area (Å²) in [6.07, 6.45) is 9.30. The van der Waals surface area contributed by atoms with Crippen molar-refractivity contribution in [1.82, 2.24) is 10.2 Å². The molecule has 1 fully saturated rings. The van der Waals surface area contributed by atoms with E-state index in [4.69, 9.17) is 0 Å². The summed E-state index contributed by atoms with van der Waals surface area (Å²) in [5, 5.41) is 3.08. The van der Waals surface area contributed by atoms with E-state index in [-0.39, 0.29) is 23.9 Å². The van der Waals surface area contributed by atoms with Gasteiger partial charge in [-0.2, -0.15) is 0 Å². The number of likely N-dealkylation sites (tertiary alicyclic amines) is 1. The number of rotatable bonds is 10. The van der Waals surface area contributed by atoms with Gasteiger partial charge in [0.1, 0.15) is 6.04 Å². The molecular weight excluding hydrogens is 324 g/mol. The zero-order chi connectivity index (χ0) is 18.8. The first-order valence-electron chi connectivity index (χ1n) is 10.3. The fourth-order valence-corrected chi connectivity index (χ4v) is 3.67. The maximum absolute atomic E-state index is 12.7. The van der Waals surface area contributed by atoms with E-state index in [1.54, 1.807) is 4.90 Å². The van der Waals surface area contributed by atoms with Crippen LogP contribution in [0.5, 0.6) is 0 Å². The smallest absolute Gasteiger partial charge is 0.243 e. The summed E-state index contributed by atoms with van der Waals surface area (Å²) in [4.78, 5) is 27.0. The predicted molar refractivity (Wildman–Crippen MR) is 106 cm³/mol. The van der Waals surface area contributed by atoms with E-state index in [1.165, 1.54) is 25.7 Å². The molecule has 2 atom stereocenters. The van der Waals surface area contributed by atoms with Gasteiger partial charge in [0.15, 0.2) is 0 Å². The molecular formula is C22H34N2O2. The summed E-state index contributed by atoms with van der Waals surface area (Å²) in [5.41, 5.74) is 1.09. The van der Waals surface area contributed by atoms with Gasteiger partial charge < -0.3 is 10.2 Å². The molecule has 1 aliphatic rings. The van der Waals surface area contributed by atoms with Crippen LogP contribution in [0.4, 0.5) is 0 Å². The van der Waals surface area contributed by atoms with Crippen LogP contribution in [0.15, 0.2) is 30.3 Å². The molecule has 2 unspecified atom stereocenters. The molecule has 0 bridgehead atoms. The number of amides is 2. The Hall–Kier alpha value is -1.84. The summed E-state index contributed by atoms with van der Waals surface area (Å²) in [5.74, 6) is 0.126. The Labute approximate surface area is 158 Å². The van der Waals surface area contributed by atoms with Crippen molar-refractivity contribution in [1.29, 1.82) is 0 Å². The lowest BCUT2D eigenvalue weighted by Gasteiger charge is -2.26. The van der Waals surface area contributed by atoms with Gasteiger partial charge in [-0.25, -0.2) is 0 Å². The Balaban J connectivity index is 1.78. The normalized spacial score (nSPS) is 17.9. The highest BCUT2D eigenvalue weighted by atomic mass is 16.2. The van der Waals surface area contributed by atoms with Crippen molar-refractivity contribution in [2.75, 3.05) is 6.54 Å². The predicted octanol–water partition coefficient (Wildman–Crippen LogP) is 4.61. The van der Waals surface area contributed by atoms with E-state index < -0.39 is 0 Å². The second-order valence-corrected chi connectivity index (χ2v) is 7.40. The monoisotopic (exact) mass is 358 g/mol. The van der Waals surface area contributed by atoms with Gasteiger partial charge in [0.2, 0.25) is 11.8 Å². The number of hydrogen-bond donors (Lipinski definition) is 1. The summed E-state index contributed by atoms with van der Waals surface area (Å²) < 4.78 is 0. The molecule has 0 aromatic heterocycles. The zero-order valence-electron chi connectivity index (χ0n) is 16.4. The Morgan fingerprint density at radius 2 is 1.81 bits per heavy atom. The summed E-state index contributed by atoms with van der Waals surface area (Å²) in [6, 6.07) is 9.61. The van der Waals surface area contributed by atoms with E-state index in [0.29, 0.717) is 13.0 Å². The molecule has 1 aromatic carbocycles. The first-order chi connectivity index (χ1) is 12.6. The van der Waals surface area contributed by atoms with Crippen LogP contribution in [0.25, 0.3) is 0 Å². The number of carbonyl (C=O) groups excluding carboxylic acids is 2. The highest BCUT2D eigenvalue weighted by Gasteiger charge is 2.34. The maximum atomic E-state index is 12.7. The standard InChI is InChI=1S/C22H34N2O2/c1-3-4-5-6-7-11-16-21(25)24-17-12-15-20(24)22(26)23-18(2)19-13-9-8-10-14-19/h8-10,13-14,18,20H,3-7,11-12,15-17H2,1-2H3,(H,23,26). The SMILES string of the molecule is CCCCCCCCC(=O)N1CCCC1C(=O)NC(C)c1ccccc1. The third kappa shape index (κ3) is 6.15. The number of benzene rings is 1. The van der Waals surface area contributed by atoms with Crippen LogP contribution < -0.4 is 5.32 Å². The van der Waals surface area contributed by atoms with Crippen molar-refractivity contribution in [3.8, 4) is 0 Å². The Kier molecular flexibility index (Phi) is 8.66. The van der Waals surface area contributed by atoms with Gasteiger partial charge >= 0.3 is 0 Å². The number of carbonyl (C=O) groups is 2. The topological polar surface area (TPSA) is 49.4 Å². The molecule has 4 heteroatoms. The molecule has 144 valence electrons. The van der Waals surface area contributed by atoms with Gasteiger partial charge in [0, 0.05) is 13.0 Å². The van der Waals surface area contributed by atoms with Crippen LogP contribution in [0, 0.1) is 0 Å². The van der Waals surface area contributed by atoms with Gasteiger partial charge in [-0.05, 0) is 31.7 Å². The van der Waals surface area contributed by atoms with E-state index in [9.17, 15) is 9.59 Å². The average Bonchev–Trinajstić information content (AvgIpc) is 3.15. The van der Waals surface area contributed by atoms with E-state index in [0.717, 1.165) is 31.2 Å². The first kappa shape index (κ1) is 20.5. The van der Waals surface area contributed by atoms with Crippen molar-refractivity contribution in [3.63, 3.8) is 0 Å². The molecule has 1 aliphatic heterocycles. The van der Waals surface area contributed by atoms with Crippen LogP contribution in [0.1, 0.15) is 83.2 Å². The lowest BCUT2D eigenvalue weighted by molar-refractivity contribution is -0.138. The molecule has 2 rings (SSSR count). The van der Waals surface area contributed by atoms with Gasteiger partial charge in [-0.15, -0.1) is 0 Å². The van der Waals surface area contributed by atoms with Crippen molar-refractivity contribution >= 4 is 11.8 Å². The molecule has 0 radical (unpaired) electrons. The first-order valence-corrected chi connectivity index (χ1v) is 10.3. The van der Waals surface area contributed by atoms with E-state index in [2.05, 4.69) is 12.2 Å². The molecule has 1 heterocycles. The van der Waals surface area contributed by atoms with Crippen molar-refractivity contribution < 1.29 is 9.59 Å². The zero-order valence-corrected chi connectivity index (χ0v) is 16.4. The van der Waals surface area contributed by atoms with Crippen LogP contribution in [-0.4, -0.2) is 29.3 Å². The molecule has 1 saturated heterocycles. The summed E-state index contributed by atoms with van der Waals surface area (Å²) >= 11 is 0. The minimum absolute atomic E-state index is 0.0184. The quantitative estimate of drug-likeness (QED) is 0.621. The molecule has 1 aromatic rings. The highest BCUT2D eigenvalue weighted by Crippen LogP contribution is 2.21. The van der Waals surface area contributed by atoms with Gasteiger partial charge in [0.25, 0.3) is 0 Å². The minimum Gasteiger partial charge on any atom is -0.348 e. The lowest BCUT2D eigenvalue weighted by atomic mass is 10.1. The van der Waals surface area contributed by atoms with Crippen molar-refractivity contribution in [2.45, 2.75) is 83.7 Å². The van der Waals surface area contributed by atoms with E-state index >= 15 is 0 Å². The van der Waals surface area contributed by atoms with Gasteiger partial charge in [-0.1, -0.05) is 69.4 Å². The van der Waals surface area contributed by atoms with Crippen molar-refractivity contribution in [2.24, 2.45) is 0 Å². The number of hydrogen-bond acceptors (Lipinski definition) is 2. The largest absolute Gasteiger partial charge is 0.348 e. The highest BCUT2D eigenvalue weighted by molar-refractivity contribution is 5.88. The Bertz CT molecular complexity index is 559. The molecule has 0 spiro atoms. The molecule has 4 nitrogen and oxygen atoms in total. The molecule has 26 heavy (non-hydrogen) atoms. The lowest BCUT2D eigenvalue weighted by Crippen LogP contribution is -2.46. The Morgan fingerprint density at radius 1 is 1.12 bits per heavy atom. The van der Waals surface area contributed by atoms with Gasteiger partial charge in [-0.3, -0.25) is 9.59 Å². The van der Waals surface area contributed by atoms with Crippen LogP contribution in [-0.2, 0) is 9.59 Å². The van der Waals surface area contributed by atoms with Gasteiger partial charge in [0.05, 0.1) is 6.04 Å².